The highest BCUT2D eigenvalue weighted by Crippen LogP contribution is 2.15. The van der Waals surface area contributed by atoms with Crippen LogP contribution in [0.5, 0.6) is 0 Å². The van der Waals surface area contributed by atoms with Crippen molar-refractivity contribution < 1.29 is 5.21 Å². The van der Waals surface area contributed by atoms with Gasteiger partial charge in [-0.2, -0.15) is 0 Å². The SMILES string of the molecule is N[C@H]1C[C@H](NO)C1. The fourth-order valence-corrected chi connectivity index (χ4v) is 0.767. The van der Waals surface area contributed by atoms with Gasteiger partial charge in [-0.1, -0.05) is 0 Å². The van der Waals surface area contributed by atoms with E-state index in [0.717, 1.165) is 12.8 Å². The summed E-state index contributed by atoms with van der Waals surface area (Å²) in [4.78, 5) is 0. The molecule has 3 nitrogen and oxygen atoms in total. The summed E-state index contributed by atoms with van der Waals surface area (Å²) in [6, 6.07) is 0.597. The highest BCUT2D eigenvalue weighted by Gasteiger charge is 2.24. The Hall–Kier alpha value is -0.120. The topological polar surface area (TPSA) is 58.3 Å². The van der Waals surface area contributed by atoms with Crippen molar-refractivity contribution in [2.75, 3.05) is 0 Å². The van der Waals surface area contributed by atoms with Crippen molar-refractivity contribution in [1.29, 1.82) is 0 Å². The van der Waals surface area contributed by atoms with Crippen LogP contribution in [0.15, 0.2) is 0 Å². The molecule has 0 aliphatic heterocycles. The Balaban J connectivity index is 2.06. The molecule has 1 aliphatic carbocycles. The van der Waals surface area contributed by atoms with Crippen LogP contribution in [0, 0.1) is 0 Å². The van der Waals surface area contributed by atoms with Crippen LogP contribution in [0.1, 0.15) is 12.8 Å². The lowest BCUT2D eigenvalue weighted by Crippen LogP contribution is -2.47. The van der Waals surface area contributed by atoms with Gasteiger partial charge in [-0.15, -0.1) is 0 Å². The summed E-state index contributed by atoms with van der Waals surface area (Å²) in [5.74, 6) is 0. The Bertz CT molecular complexity index is 60.7. The van der Waals surface area contributed by atoms with Gasteiger partial charge in [0.05, 0.1) is 0 Å². The molecule has 0 atom stereocenters. The minimum atomic E-state index is 0.273. The first-order valence-electron chi connectivity index (χ1n) is 2.48. The number of rotatable bonds is 1. The Morgan fingerprint density at radius 2 is 2.14 bits per heavy atom. The number of nitrogens with two attached hydrogens (primary N) is 1. The van der Waals surface area contributed by atoms with E-state index in [1.807, 2.05) is 0 Å². The number of hydroxylamine groups is 1. The summed E-state index contributed by atoms with van der Waals surface area (Å²) < 4.78 is 0. The molecule has 4 N–H and O–H groups in total. The summed E-state index contributed by atoms with van der Waals surface area (Å²) >= 11 is 0. The average molecular weight is 102 g/mol. The van der Waals surface area contributed by atoms with E-state index in [-0.39, 0.29) is 6.04 Å². The molecule has 0 spiro atoms. The highest BCUT2D eigenvalue weighted by atomic mass is 16.5. The Morgan fingerprint density at radius 3 is 2.29 bits per heavy atom. The molecule has 0 bridgehead atoms. The van der Waals surface area contributed by atoms with E-state index < -0.39 is 0 Å². The van der Waals surface area contributed by atoms with Crippen LogP contribution in [-0.2, 0) is 0 Å². The molecule has 0 aromatic heterocycles. The number of hydrogen-bond donors (Lipinski definition) is 3. The second-order valence-corrected chi connectivity index (χ2v) is 2.06. The van der Waals surface area contributed by atoms with Gasteiger partial charge >= 0.3 is 0 Å². The first-order chi connectivity index (χ1) is 3.33. The van der Waals surface area contributed by atoms with Crippen molar-refractivity contribution in [2.24, 2.45) is 5.73 Å². The summed E-state index contributed by atoms with van der Waals surface area (Å²) in [7, 11) is 0. The van der Waals surface area contributed by atoms with E-state index in [9.17, 15) is 0 Å². The van der Waals surface area contributed by atoms with Gasteiger partial charge < -0.3 is 10.9 Å². The zero-order chi connectivity index (χ0) is 5.28. The summed E-state index contributed by atoms with van der Waals surface area (Å²) in [5, 5.41) is 8.20. The largest absolute Gasteiger partial charge is 0.328 e. The van der Waals surface area contributed by atoms with Gasteiger partial charge in [-0.3, -0.25) is 0 Å². The minimum Gasteiger partial charge on any atom is -0.328 e. The van der Waals surface area contributed by atoms with Gasteiger partial charge in [0.1, 0.15) is 0 Å². The van der Waals surface area contributed by atoms with E-state index in [0.29, 0.717) is 6.04 Å². The monoisotopic (exact) mass is 102 g/mol. The van der Waals surface area contributed by atoms with E-state index in [2.05, 4.69) is 5.48 Å². The molecule has 0 unspecified atom stereocenters. The third-order valence-electron chi connectivity index (χ3n) is 1.36. The molecule has 7 heavy (non-hydrogen) atoms. The van der Waals surface area contributed by atoms with E-state index >= 15 is 0 Å². The highest BCUT2D eigenvalue weighted by molar-refractivity contribution is 4.84. The van der Waals surface area contributed by atoms with Crippen molar-refractivity contribution in [1.82, 2.24) is 5.48 Å². The lowest BCUT2D eigenvalue weighted by atomic mass is 9.88. The molecule has 0 amide bonds. The Labute approximate surface area is 42.5 Å². The van der Waals surface area contributed by atoms with Gasteiger partial charge in [-0.25, -0.2) is 5.48 Å². The lowest BCUT2D eigenvalue weighted by Gasteiger charge is -2.30. The molecule has 42 valence electrons. The maximum atomic E-state index is 8.20. The maximum Gasteiger partial charge on any atom is 0.0349 e. The quantitative estimate of drug-likeness (QED) is 0.389. The van der Waals surface area contributed by atoms with E-state index in [1.54, 1.807) is 0 Å². The van der Waals surface area contributed by atoms with Crippen LogP contribution in [0.2, 0.25) is 0 Å². The second kappa shape index (κ2) is 1.78. The van der Waals surface area contributed by atoms with Crippen LogP contribution in [0.4, 0.5) is 0 Å². The molecule has 0 heterocycles. The fourth-order valence-electron chi connectivity index (χ4n) is 0.767. The van der Waals surface area contributed by atoms with Gasteiger partial charge in [0.15, 0.2) is 0 Å². The lowest BCUT2D eigenvalue weighted by molar-refractivity contribution is 0.0795. The summed E-state index contributed by atoms with van der Waals surface area (Å²) in [6.07, 6.45) is 1.83. The maximum absolute atomic E-state index is 8.20. The van der Waals surface area contributed by atoms with Gasteiger partial charge in [0.25, 0.3) is 0 Å². The summed E-state index contributed by atoms with van der Waals surface area (Å²) in [6.45, 7) is 0. The van der Waals surface area contributed by atoms with Crippen LogP contribution >= 0.6 is 0 Å². The molecular weight excluding hydrogens is 92.1 g/mol. The molecule has 1 rings (SSSR count). The van der Waals surface area contributed by atoms with Crippen molar-refractivity contribution in [3.63, 3.8) is 0 Å². The van der Waals surface area contributed by atoms with Crippen molar-refractivity contribution in [3.8, 4) is 0 Å². The zero-order valence-corrected chi connectivity index (χ0v) is 4.09. The normalized spacial score (nSPS) is 40.3. The predicted molar refractivity (Wildman–Crippen MR) is 25.9 cm³/mol. The van der Waals surface area contributed by atoms with E-state index in [4.69, 9.17) is 10.9 Å². The van der Waals surface area contributed by atoms with E-state index in [1.165, 1.54) is 0 Å². The molecule has 1 saturated carbocycles. The van der Waals surface area contributed by atoms with Crippen molar-refractivity contribution in [3.05, 3.63) is 0 Å². The molecule has 1 fully saturated rings. The summed E-state index contributed by atoms with van der Waals surface area (Å²) in [5.41, 5.74) is 7.55. The molecule has 0 saturated heterocycles. The minimum absolute atomic E-state index is 0.273. The third kappa shape index (κ3) is 0.907. The predicted octanol–water partition coefficient (Wildman–Crippen LogP) is -0.545. The first-order valence-corrected chi connectivity index (χ1v) is 2.48. The van der Waals surface area contributed by atoms with Gasteiger partial charge in [-0.05, 0) is 12.8 Å². The molecule has 0 aromatic carbocycles. The number of nitrogens with one attached hydrogen (secondary N) is 1. The molecule has 0 aromatic rings. The molecule has 3 heteroatoms. The Kier molecular flexibility index (Phi) is 1.27. The molecular formula is C4H10N2O. The standard InChI is InChI=1S/C4H10N2O/c5-3-1-4(2-3)6-7/h3-4,6-7H,1-2,5H2/t3-,4-. The molecule has 1 aliphatic rings. The Morgan fingerprint density at radius 1 is 1.57 bits per heavy atom. The zero-order valence-electron chi connectivity index (χ0n) is 4.09. The van der Waals surface area contributed by atoms with Gasteiger partial charge in [0.2, 0.25) is 0 Å². The van der Waals surface area contributed by atoms with Crippen LogP contribution in [0.25, 0.3) is 0 Å². The fraction of sp³-hybridized carbons (Fsp3) is 1.00. The van der Waals surface area contributed by atoms with Crippen molar-refractivity contribution in [2.45, 2.75) is 24.9 Å². The average Bonchev–Trinajstić information content (AvgIpc) is 1.58. The second-order valence-electron chi connectivity index (χ2n) is 2.06. The third-order valence-corrected chi connectivity index (χ3v) is 1.36. The number of hydrogen-bond acceptors (Lipinski definition) is 3. The van der Waals surface area contributed by atoms with Crippen LogP contribution in [0.3, 0.4) is 0 Å². The smallest absolute Gasteiger partial charge is 0.0349 e. The van der Waals surface area contributed by atoms with Crippen LogP contribution < -0.4 is 11.2 Å². The molecule has 0 radical (unpaired) electrons. The van der Waals surface area contributed by atoms with Gasteiger partial charge in [0, 0.05) is 12.1 Å². The first kappa shape index (κ1) is 5.03. The van der Waals surface area contributed by atoms with Crippen LogP contribution in [-0.4, -0.2) is 17.3 Å². The van der Waals surface area contributed by atoms with Crippen molar-refractivity contribution >= 4 is 0 Å².